The van der Waals surface area contributed by atoms with Crippen LogP contribution in [-0.4, -0.2) is 19.6 Å². The fourth-order valence-corrected chi connectivity index (χ4v) is 2.22. The van der Waals surface area contributed by atoms with Crippen molar-refractivity contribution < 1.29 is 9.53 Å². The summed E-state index contributed by atoms with van der Waals surface area (Å²) in [7, 11) is 1.62. The smallest absolute Gasteiger partial charge is 0.267 e. The van der Waals surface area contributed by atoms with Crippen LogP contribution in [-0.2, 0) is 11.2 Å². The SMILES string of the molecule is COc1cccc(CCN/C=C(/C#N)C(=O)Nc2ccc(Cl)cc2)c1. The van der Waals surface area contributed by atoms with Crippen LogP contribution in [0.3, 0.4) is 0 Å². The maximum absolute atomic E-state index is 12.1. The van der Waals surface area contributed by atoms with Crippen molar-refractivity contribution in [3.8, 4) is 11.8 Å². The summed E-state index contributed by atoms with van der Waals surface area (Å²) in [6.07, 6.45) is 2.16. The number of benzene rings is 2. The number of nitrogens with one attached hydrogen (secondary N) is 2. The van der Waals surface area contributed by atoms with E-state index in [1.165, 1.54) is 6.20 Å². The fourth-order valence-electron chi connectivity index (χ4n) is 2.10. The summed E-state index contributed by atoms with van der Waals surface area (Å²) < 4.78 is 5.18. The summed E-state index contributed by atoms with van der Waals surface area (Å²) in [6, 6.07) is 16.3. The number of carbonyl (C=O) groups excluding carboxylic acids is 1. The number of nitriles is 1. The molecule has 2 rings (SSSR count). The average molecular weight is 356 g/mol. The normalized spacial score (nSPS) is 10.7. The zero-order chi connectivity index (χ0) is 18.1. The molecular weight excluding hydrogens is 338 g/mol. The molecule has 0 aromatic heterocycles. The molecule has 0 atom stereocenters. The van der Waals surface area contributed by atoms with E-state index < -0.39 is 5.91 Å². The Kier molecular flexibility index (Phi) is 6.87. The zero-order valence-electron chi connectivity index (χ0n) is 13.8. The maximum atomic E-state index is 12.1. The van der Waals surface area contributed by atoms with Crippen LogP contribution in [0, 0.1) is 11.3 Å². The second-order valence-corrected chi connectivity index (χ2v) is 5.62. The van der Waals surface area contributed by atoms with E-state index in [0.717, 1.165) is 17.7 Å². The Labute approximate surface area is 151 Å². The lowest BCUT2D eigenvalue weighted by molar-refractivity contribution is -0.112. The first-order valence-electron chi connectivity index (χ1n) is 7.66. The molecule has 0 radical (unpaired) electrons. The molecule has 0 fully saturated rings. The molecule has 2 aromatic rings. The lowest BCUT2D eigenvalue weighted by atomic mass is 10.1. The van der Waals surface area contributed by atoms with Crippen LogP contribution in [0.5, 0.6) is 5.75 Å². The van der Waals surface area contributed by atoms with Crippen molar-refractivity contribution in [2.24, 2.45) is 0 Å². The van der Waals surface area contributed by atoms with Gasteiger partial charge in [0, 0.05) is 23.5 Å². The molecule has 0 saturated heterocycles. The third kappa shape index (κ3) is 5.87. The number of ether oxygens (including phenoxy) is 1. The van der Waals surface area contributed by atoms with Gasteiger partial charge in [0.15, 0.2) is 0 Å². The molecule has 128 valence electrons. The van der Waals surface area contributed by atoms with Gasteiger partial charge in [0.1, 0.15) is 17.4 Å². The minimum atomic E-state index is -0.473. The number of methoxy groups -OCH3 is 1. The van der Waals surface area contributed by atoms with Gasteiger partial charge in [-0.3, -0.25) is 4.79 Å². The quantitative estimate of drug-likeness (QED) is 0.452. The first-order valence-corrected chi connectivity index (χ1v) is 8.03. The van der Waals surface area contributed by atoms with Crippen molar-refractivity contribution in [2.45, 2.75) is 6.42 Å². The second-order valence-electron chi connectivity index (χ2n) is 5.19. The summed E-state index contributed by atoms with van der Waals surface area (Å²) in [5.74, 6) is 0.326. The molecule has 0 aliphatic rings. The van der Waals surface area contributed by atoms with Crippen molar-refractivity contribution in [3.63, 3.8) is 0 Å². The Morgan fingerprint density at radius 2 is 2.04 bits per heavy atom. The summed E-state index contributed by atoms with van der Waals surface area (Å²) in [4.78, 5) is 12.1. The van der Waals surface area contributed by atoms with Gasteiger partial charge in [-0.25, -0.2) is 0 Å². The minimum Gasteiger partial charge on any atom is -0.497 e. The van der Waals surface area contributed by atoms with Gasteiger partial charge >= 0.3 is 0 Å². The summed E-state index contributed by atoms with van der Waals surface area (Å²) in [5.41, 5.74) is 1.68. The summed E-state index contributed by atoms with van der Waals surface area (Å²) in [6.45, 7) is 0.590. The van der Waals surface area contributed by atoms with Gasteiger partial charge < -0.3 is 15.4 Å². The number of amides is 1. The van der Waals surface area contributed by atoms with Crippen molar-refractivity contribution in [1.82, 2.24) is 5.32 Å². The Morgan fingerprint density at radius 3 is 2.72 bits per heavy atom. The van der Waals surface area contributed by atoms with Crippen LogP contribution >= 0.6 is 11.6 Å². The number of rotatable bonds is 7. The molecule has 0 aliphatic heterocycles. The molecule has 5 nitrogen and oxygen atoms in total. The standard InChI is InChI=1S/C19H18ClN3O2/c1-25-18-4-2-3-14(11-18)9-10-22-13-15(12-21)19(24)23-17-7-5-16(20)6-8-17/h2-8,11,13,22H,9-10H2,1H3,(H,23,24)/b15-13-. The number of carbonyl (C=O) groups is 1. The van der Waals surface area contributed by atoms with Crippen molar-refractivity contribution in [3.05, 3.63) is 70.9 Å². The van der Waals surface area contributed by atoms with Crippen LogP contribution in [0.4, 0.5) is 5.69 Å². The van der Waals surface area contributed by atoms with E-state index in [1.54, 1.807) is 31.4 Å². The molecule has 1 amide bonds. The third-order valence-corrected chi connectivity index (χ3v) is 3.66. The van der Waals surface area contributed by atoms with E-state index >= 15 is 0 Å². The lowest BCUT2D eigenvalue weighted by Gasteiger charge is -2.06. The van der Waals surface area contributed by atoms with Crippen molar-refractivity contribution in [1.29, 1.82) is 5.26 Å². The molecular formula is C19H18ClN3O2. The van der Waals surface area contributed by atoms with Crippen LogP contribution in [0.2, 0.25) is 5.02 Å². The molecule has 0 bridgehead atoms. The number of nitrogens with zero attached hydrogens (tertiary/aromatic N) is 1. The van der Waals surface area contributed by atoms with Gasteiger partial charge in [0.05, 0.1) is 7.11 Å². The number of hydrogen-bond acceptors (Lipinski definition) is 4. The zero-order valence-corrected chi connectivity index (χ0v) is 14.5. The Morgan fingerprint density at radius 1 is 1.28 bits per heavy atom. The molecule has 0 aliphatic carbocycles. The Bertz CT molecular complexity index is 795. The van der Waals surface area contributed by atoms with Gasteiger partial charge in [-0.15, -0.1) is 0 Å². The fraction of sp³-hybridized carbons (Fsp3) is 0.158. The van der Waals surface area contributed by atoms with Crippen molar-refractivity contribution >= 4 is 23.2 Å². The maximum Gasteiger partial charge on any atom is 0.267 e. The van der Waals surface area contributed by atoms with Gasteiger partial charge in [-0.05, 0) is 48.4 Å². The molecule has 6 heteroatoms. The molecule has 2 aromatic carbocycles. The summed E-state index contributed by atoms with van der Waals surface area (Å²) >= 11 is 5.80. The van der Waals surface area contributed by atoms with Gasteiger partial charge in [0.2, 0.25) is 0 Å². The second kappa shape index (κ2) is 9.36. The largest absolute Gasteiger partial charge is 0.497 e. The number of anilines is 1. The lowest BCUT2D eigenvalue weighted by Crippen LogP contribution is -2.18. The highest BCUT2D eigenvalue weighted by Crippen LogP contribution is 2.14. The first kappa shape index (κ1) is 18.4. The summed E-state index contributed by atoms with van der Waals surface area (Å²) in [5, 5.41) is 15.4. The van der Waals surface area contributed by atoms with Gasteiger partial charge in [-0.1, -0.05) is 23.7 Å². The first-order chi connectivity index (χ1) is 12.1. The topological polar surface area (TPSA) is 74.1 Å². The van der Waals surface area contributed by atoms with E-state index in [-0.39, 0.29) is 5.57 Å². The highest BCUT2D eigenvalue weighted by Gasteiger charge is 2.09. The van der Waals surface area contributed by atoms with Crippen LogP contribution in [0.15, 0.2) is 60.3 Å². The highest BCUT2D eigenvalue weighted by molar-refractivity contribution is 6.30. The molecule has 0 heterocycles. The molecule has 0 unspecified atom stereocenters. The number of hydrogen-bond donors (Lipinski definition) is 2. The van der Waals surface area contributed by atoms with E-state index in [2.05, 4.69) is 10.6 Å². The molecule has 25 heavy (non-hydrogen) atoms. The van der Waals surface area contributed by atoms with Crippen LogP contribution in [0.25, 0.3) is 0 Å². The van der Waals surface area contributed by atoms with Crippen LogP contribution < -0.4 is 15.4 Å². The van der Waals surface area contributed by atoms with E-state index in [4.69, 9.17) is 21.6 Å². The van der Waals surface area contributed by atoms with Crippen LogP contribution in [0.1, 0.15) is 5.56 Å². The predicted octanol–water partition coefficient (Wildman–Crippen LogP) is 3.53. The highest BCUT2D eigenvalue weighted by atomic mass is 35.5. The number of halogens is 1. The van der Waals surface area contributed by atoms with E-state index in [1.807, 2.05) is 30.3 Å². The third-order valence-electron chi connectivity index (χ3n) is 3.41. The van der Waals surface area contributed by atoms with Gasteiger partial charge in [0.25, 0.3) is 5.91 Å². The van der Waals surface area contributed by atoms with Crippen molar-refractivity contribution in [2.75, 3.05) is 19.0 Å². The minimum absolute atomic E-state index is 0.000548. The average Bonchev–Trinajstić information content (AvgIpc) is 2.63. The predicted molar refractivity (Wildman–Crippen MR) is 98.5 cm³/mol. The Balaban J connectivity index is 1.87. The van der Waals surface area contributed by atoms with E-state index in [0.29, 0.717) is 17.3 Å². The molecule has 0 spiro atoms. The molecule has 0 saturated carbocycles. The van der Waals surface area contributed by atoms with Gasteiger partial charge in [-0.2, -0.15) is 5.26 Å². The van der Waals surface area contributed by atoms with E-state index in [9.17, 15) is 4.79 Å². The monoisotopic (exact) mass is 355 g/mol. The molecule has 2 N–H and O–H groups in total. The Hall–Kier alpha value is -2.97.